The lowest BCUT2D eigenvalue weighted by Crippen LogP contribution is -2.17. The molecule has 0 atom stereocenters. The van der Waals surface area contributed by atoms with Crippen molar-refractivity contribution in [1.82, 2.24) is 15.0 Å². The summed E-state index contributed by atoms with van der Waals surface area (Å²) < 4.78 is 45.6. The molecule has 0 unspecified atom stereocenters. The van der Waals surface area contributed by atoms with Gasteiger partial charge in [0.1, 0.15) is 11.4 Å². The van der Waals surface area contributed by atoms with Crippen molar-refractivity contribution in [2.45, 2.75) is 19.1 Å². The van der Waals surface area contributed by atoms with E-state index >= 15 is 0 Å². The van der Waals surface area contributed by atoms with Crippen molar-refractivity contribution in [3.63, 3.8) is 0 Å². The molecule has 130 valence electrons. The molecule has 7 heteroatoms. The van der Waals surface area contributed by atoms with Crippen molar-refractivity contribution in [2.24, 2.45) is 0 Å². The van der Waals surface area contributed by atoms with Gasteiger partial charge in [-0.2, -0.15) is 13.2 Å². The molecule has 1 aromatic heterocycles. The Labute approximate surface area is 142 Å². The van der Waals surface area contributed by atoms with Crippen LogP contribution in [0.1, 0.15) is 11.3 Å². The highest BCUT2D eigenvalue weighted by molar-refractivity contribution is 5.62. The first-order valence-electron chi connectivity index (χ1n) is 7.64. The zero-order valence-corrected chi connectivity index (χ0v) is 13.5. The summed E-state index contributed by atoms with van der Waals surface area (Å²) in [6.07, 6.45) is -5.44. The molecule has 0 aliphatic carbocycles. The fourth-order valence-corrected chi connectivity index (χ4v) is 2.55. The Balaban J connectivity index is 1.99. The van der Waals surface area contributed by atoms with Crippen LogP contribution in [0.5, 0.6) is 5.75 Å². The highest BCUT2D eigenvalue weighted by Crippen LogP contribution is 2.29. The first-order valence-corrected chi connectivity index (χ1v) is 7.64. The van der Waals surface area contributed by atoms with Crippen molar-refractivity contribution in [3.8, 4) is 17.0 Å². The van der Waals surface area contributed by atoms with E-state index in [1.54, 1.807) is 24.3 Å². The summed E-state index contributed by atoms with van der Waals surface area (Å²) in [5, 5.41) is 7.94. The van der Waals surface area contributed by atoms with Crippen molar-refractivity contribution >= 4 is 0 Å². The number of halogens is 3. The third-order valence-electron chi connectivity index (χ3n) is 3.74. The Hall–Kier alpha value is -2.83. The molecule has 2 aromatic carbocycles. The summed E-state index contributed by atoms with van der Waals surface area (Å²) in [6, 6.07) is 15.9. The molecule has 0 amide bonds. The topological polar surface area (TPSA) is 39.9 Å². The Bertz CT molecular complexity index is 827. The van der Waals surface area contributed by atoms with Crippen LogP contribution in [0.4, 0.5) is 13.2 Å². The van der Waals surface area contributed by atoms with E-state index in [9.17, 15) is 13.2 Å². The van der Waals surface area contributed by atoms with Gasteiger partial charge in [0, 0.05) is 5.56 Å². The van der Waals surface area contributed by atoms with Crippen LogP contribution in [0.2, 0.25) is 0 Å². The van der Waals surface area contributed by atoms with Gasteiger partial charge in [-0.15, -0.1) is 5.10 Å². The molecule has 0 radical (unpaired) electrons. The molecule has 0 saturated carbocycles. The number of benzene rings is 2. The monoisotopic (exact) mass is 347 g/mol. The van der Waals surface area contributed by atoms with Gasteiger partial charge in [-0.25, -0.2) is 4.68 Å². The van der Waals surface area contributed by atoms with E-state index in [1.165, 1.54) is 11.8 Å². The molecule has 0 aliphatic heterocycles. The minimum Gasteiger partial charge on any atom is -0.497 e. The zero-order valence-electron chi connectivity index (χ0n) is 13.5. The normalized spacial score (nSPS) is 11.5. The standard InChI is InChI=1S/C18H16F3N3O/c1-25-15-9-7-14(8-10-15)17-16(11-18(19,20)21)24(23-22-17)12-13-5-3-2-4-6-13/h2-10H,11-12H2,1H3. The number of nitrogens with zero attached hydrogens (tertiary/aromatic N) is 3. The van der Waals surface area contributed by atoms with Crippen LogP contribution < -0.4 is 4.74 Å². The maximum atomic E-state index is 13.1. The third kappa shape index (κ3) is 4.17. The summed E-state index contributed by atoms with van der Waals surface area (Å²) in [5.41, 5.74) is 1.70. The number of hydrogen-bond acceptors (Lipinski definition) is 3. The molecule has 25 heavy (non-hydrogen) atoms. The summed E-state index contributed by atoms with van der Waals surface area (Å²) in [7, 11) is 1.53. The molecule has 0 aliphatic rings. The molecule has 3 aromatic rings. The van der Waals surface area contributed by atoms with Gasteiger partial charge in [0.05, 0.1) is 25.8 Å². The summed E-state index contributed by atoms with van der Waals surface area (Å²) >= 11 is 0. The van der Waals surface area contributed by atoms with Crippen molar-refractivity contribution in [1.29, 1.82) is 0 Å². The average molecular weight is 347 g/mol. The van der Waals surface area contributed by atoms with E-state index in [0.717, 1.165) is 5.56 Å². The largest absolute Gasteiger partial charge is 0.497 e. The lowest BCUT2D eigenvalue weighted by molar-refractivity contribution is -0.128. The SMILES string of the molecule is COc1ccc(-c2nnn(Cc3ccccc3)c2CC(F)(F)F)cc1. The number of aromatic nitrogens is 3. The van der Waals surface area contributed by atoms with Gasteiger partial charge in [-0.1, -0.05) is 35.5 Å². The maximum Gasteiger partial charge on any atom is 0.394 e. The van der Waals surface area contributed by atoms with Gasteiger partial charge in [0.25, 0.3) is 0 Å². The number of hydrogen-bond donors (Lipinski definition) is 0. The summed E-state index contributed by atoms with van der Waals surface area (Å²) in [6.45, 7) is 0.232. The molecule has 3 rings (SSSR count). The third-order valence-corrected chi connectivity index (χ3v) is 3.74. The van der Waals surface area contributed by atoms with Crippen LogP contribution >= 0.6 is 0 Å². The van der Waals surface area contributed by atoms with Gasteiger partial charge in [0.15, 0.2) is 0 Å². The first-order chi connectivity index (χ1) is 12.0. The van der Waals surface area contributed by atoms with Crippen LogP contribution in [0.15, 0.2) is 54.6 Å². The molecule has 1 heterocycles. The second-order valence-corrected chi connectivity index (χ2v) is 5.55. The molecule has 0 saturated heterocycles. The summed E-state index contributed by atoms with van der Waals surface area (Å²) in [5.74, 6) is 0.623. The van der Waals surface area contributed by atoms with E-state index in [4.69, 9.17) is 4.74 Å². The van der Waals surface area contributed by atoms with Crippen molar-refractivity contribution in [2.75, 3.05) is 7.11 Å². The fraction of sp³-hybridized carbons (Fsp3) is 0.222. The van der Waals surface area contributed by atoms with E-state index in [1.807, 2.05) is 30.3 Å². The van der Waals surface area contributed by atoms with E-state index in [2.05, 4.69) is 10.3 Å². The predicted octanol–water partition coefficient (Wildman–Crippen LogP) is 4.11. The van der Waals surface area contributed by atoms with Crippen molar-refractivity contribution < 1.29 is 17.9 Å². The molecule has 0 spiro atoms. The van der Waals surface area contributed by atoms with Crippen LogP contribution in [0.25, 0.3) is 11.3 Å². The van der Waals surface area contributed by atoms with Crippen LogP contribution in [-0.2, 0) is 13.0 Å². The van der Waals surface area contributed by atoms with Crippen LogP contribution in [-0.4, -0.2) is 28.3 Å². The van der Waals surface area contributed by atoms with Gasteiger partial charge in [-0.05, 0) is 29.8 Å². The summed E-state index contributed by atoms with van der Waals surface area (Å²) in [4.78, 5) is 0. The number of methoxy groups -OCH3 is 1. The van der Waals surface area contributed by atoms with Gasteiger partial charge >= 0.3 is 6.18 Å². The van der Waals surface area contributed by atoms with Crippen LogP contribution in [0.3, 0.4) is 0 Å². The molecular weight excluding hydrogens is 331 g/mol. The lowest BCUT2D eigenvalue weighted by atomic mass is 10.1. The van der Waals surface area contributed by atoms with E-state index < -0.39 is 12.6 Å². The molecule has 0 bridgehead atoms. The molecule has 4 nitrogen and oxygen atoms in total. The number of ether oxygens (including phenoxy) is 1. The van der Waals surface area contributed by atoms with Crippen molar-refractivity contribution in [3.05, 3.63) is 65.9 Å². The van der Waals surface area contributed by atoms with E-state index in [-0.39, 0.29) is 17.9 Å². The number of alkyl halides is 3. The number of rotatable bonds is 5. The first kappa shape index (κ1) is 17.0. The Morgan fingerprint density at radius 1 is 1.00 bits per heavy atom. The second kappa shape index (κ2) is 6.96. The molecule has 0 fully saturated rings. The molecule has 0 N–H and O–H groups in total. The van der Waals surface area contributed by atoms with Gasteiger partial charge < -0.3 is 4.74 Å². The Kier molecular flexibility index (Phi) is 4.74. The van der Waals surface area contributed by atoms with E-state index in [0.29, 0.717) is 11.3 Å². The van der Waals surface area contributed by atoms with Gasteiger partial charge in [-0.3, -0.25) is 0 Å². The zero-order chi connectivity index (χ0) is 17.9. The lowest BCUT2D eigenvalue weighted by Gasteiger charge is -2.11. The second-order valence-electron chi connectivity index (χ2n) is 5.55. The smallest absolute Gasteiger partial charge is 0.394 e. The molecular formula is C18H16F3N3O. The Morgan fingerprint density at radius 2 is 1.68 bits per heavy atom. The average Bonchev–Trinajstić information content (AvgIpc) is 2.96. The minimum atomic E-state index is -4.35. The highest BCUT2D eigenvalue weighted by Gasteiger charge is 2.32. The van der Waals surface area contributed by atoms with Gasteiger partial charge in [0.2, 0.25) is 0 Å². The van der Waals surface area contributed by atoms with Crippen LogP contribution in [0, 0.1) is 0 Å². The highest BCUT2D eigenvalue weighted by atomic mass is 19.4. The fourth-order valence-electron chi connectivity index (χ4n) is 2.55. The quantitative estimate of drug-likeness (QED) is 0.697. The maximum absolute atomic E-state index is 13.1. The minimum absolute atomic E-state index is 0.0431. The predicted molar refractivity (Wildman–Crippen MR) is 87.3 cm³/mol. The Morgan fingerprint density at radius 3 is 2.28 bits per heavy atom.